The molecule has 2 saturated heterocycles. The molecule has 0 bridgehead atoms. The maximum absolute atomic E-state index is 13.0. The van der Waals surface area contributed by atoms with Gasteiger partial charge in [0.25, 0.3) is 5.91 Å². The Bertz CT molecular complexity index is 821. The zero-order chi connectivity index (χ0) is 19.7. The lowest BCUT2D eigenvalue weighted by atomic mass is 10.0. The lowest BCUT2D eigenvalue weighted by Crippen LogP contribution is -2.29. The van der Waals surface area contributed by atoms with E-state index in [9.17, 15) is 9.90 Å². The molecule has 7 heteroatoms. The first-order valence-corrected chi connectivity index (χ1v) is 10.4. The first-order chi connectivity index (χ1) is 13.5. The fourth-order valence-electron chi connectivity index (χ4n) is 4.41. The van der Waals surface area contributed by atoms with Crippen LogP contribution in [-0.4, -0.2) is 63.3 Å². The van der Waals surface area contributed by atoms with Crippen molar-refractivity contribution in [3.05, 3.63) is 40.6 Å². The molecule has 2 aliphatic heterocycles. The van der Waals surface area contributed by atoms with Gasteiger partial charge in [-0.05, 0) is 51.4 Å². The number of β-amino-alcohol motifs (C(OH)–C–C–N with tert-alkyl or cyclic N) is 1. The van der Waals surface area contributed by atoms with Crippen LogP contribution in [0.25, 0.3) is 0 Å². The van der Waals surface area contributed by atoms with Crippen molar-refractivity contribution in [2.45, 2.75) is 52.2 Å². The van der Waals surface area contributed by atoms with Gasteiger partial charge in [-0.1, -0.05) is 6.92 Å². The number of aliphatic hydroxyl groups excluding tert-OH is 1. The van der Waals surface area contributed by atoms with Gasteiger partial charge in [0.15, 0.2) is 5.76 Å². The molecule has 2 aliphatic rings. The van der Waals surface area contributed by atoms with Gasteiger partial charge < -0.3 is 14.4 Å². The number of hydrogen-bond acceptors (Lipinski definition) is 5. The molecule has 28 heavy (non-hydrogen) atoms. The van der Waals surface area contributed by atoms with Crippen LogP contribution in [0.1, 0.15) is 53.0 Å². The van der Waals surface area contributed by atoms with Crippen molar-refractivity contribution >= 4 is 5.91 Å². The number of carbonyl (C=O) groups excluding carboxylic acids is 1. The molecule has 0 radical (unpaired) electrons. The number of amides is 1. The SMILES string of the molecule is CCc1oc(C(=O)N2C[C@@H](Cc3cc(C)[nH]n3)[C@H](O)C2)cc1CN1CCCC1. The van der Waals surface area contributed by atoms with E-state index < -0.39 is 6.10 Å². The quantitative estimate of drug-likeness (QED) is 0.795. The Hall–Kier alpha value is -2.12. The van der Waals surface area contributed by atoms with E-state index >= 15 is 0 Å². The van der Waals surface area contributed by atoms with Gasteiger partial charge in [0.2, 0.25) is 0 Å². The predicted octanol–water partition coefficient (Wildman–Crippen LogP) is 2.14. The van der Waals surface area contributed by atoms with E-state index in [-0.39, 0.29) is 11.8 Å². The molecule has 0 aromatic carbocycles. The van der Waals surface area contributed by atoms with Crippen LogP contribution < -0.4 is 0 Å². The average Bonchev–Trinajstić information content (AvgIpc) is 3.45. The van der Waals surface area contributed by atoms with Gasteiger partial charge in [-0.2, -0.15) is 5.10 Å². The summed E-state index contributed by atoms with van der Waals surface area (Å²) in [5.41, 5.74) is 3.05. The fraction of sp³-hybridized carbons (Fsp3) is 0.619. The van der Waals surface area contributed by atoms with E-state index in [1.807, 2.05) is 19.1 Å². The highest BCUT2D eigenvalue weighted by Gasteiger charge is 2.36. The average molecular weight is 386 g/mol. The van der Waals surface area contributed by atoms with E-state index in [0.29, 0.717) is 25.3 Å². The number of nitrogens with one attached hydrogen (secondary N) is 1. The third-order valence-corrected chi connectivity index (χ3v) is 5.95. The topological polar surface area (TPSA) is 85.6 Å². The van der Waals surface area contributed by atoms with Crippen LogP contribution in [0.2, 0.25) is 0 Å². The van der Waals surface area contributed by atoms with E-state index in [1.54, 1.807) is 4.90 Å². The molecule has 152 valence electrons. The normalized spacial score (nSPS) is 23.0. The lowest BCUT2D eigenvalue weighted by molar-refractivity contribution is 0.0732. The summed E-state index contributed by atoms with van der Waals surface area (Å²) < 4.78 is 5.92. The van der Waals surface area contributed by atoms with Gasteiger partial charge in [0.1, 0.15) is 5.76 Å². The van der Waals surface area contributed by atoms with E-state index in [2.05, 4.69) is 22.0 Å². The van der Waals surface area contributed by atoms with Crippen LogP contribution in [0.5, 0.6) is 0 Å². The molecule has 2 N–H and O–H groups in total. The molecular weight excluding hydrogens is 356 g/mol. The third kappa shape index (κ3) is 4.00. The summed E-state index contributed by atoms with van der Waals surface area (Å²) in [7, 11) is 0. The molecule has 2 fully saturated rings. The fourth-order valence-corrected chi connectivity index (χ4v) is 4.41. The monoisotopic (exact) mass is 386 g/mol. The number of hydrogen-bond donors (Lipinski definition) is 2. The first kappa shape index (κ1) is 19.2. The highest BCUT2D eigenvalue weighted by Crippen LogP contribution is 2.26. The number of furan rings is 1. The summed E-state index contributed by atoms with van der Waals surface area (Å²) in [6, 6.07) is 3.90. The molecule has 2 aromatic rings. The molecule has 7 nitrogen and oxygen atoms in total. The van der Waals surface area contributed by atoms with Crippen molar-refractivity contribution in [1.82, 2.24) is 20.0 Å². The second-order valence-electron chi connectivity index (χ2n) is 8.18. The van der Waals surface area contributed by atoms with E-state index in [4.69, 9.17) is 4.42 Å². The number of aromatic amines is 1. The van der Waals surface area contributed by atoms with Crippen molar-refractivity contribution in [2.75, 3.05) is 26.2 Å². The number of aliphatic hydroxyl groups is 1. The van der Waals surface area contributed by atoms with Crippen molar-refractivity contribution in [3.8, 4) is 0 Å². The van der Waals surface area contributed by atoms with Gasteiger partial charge in [-0.25, -0.2) is 0 Å². The summed E-state index contributed by atoms with van der Waals surface area (Å²) in [4.78, 5) is 17.1. The second-order valence-corrected chi connectivity index (χ2v) is 8.18. The Morgan fingerprint density at radius 3 is 2.79 bits per heavy atom. The predicted molar refractivity (Wildman–Crippen MR) is 105 cm³/mol. The van der Waals surface area contributed by atoms with E-state index in [1.165, 1.54) is 12.8 Å². The minimum absolute atomic E-state index is 0.00340. The molecule has 4 rings (SSSR count). The highest BCUT2D eigenvalue weighted by atomic mass is 16.4. The zero-order valence-corrected chi connectivity index (χ0v) is 16.8. The van der Waals surface area contributed by atoms with Crippen LogP contribution in [-0.2, 0) is 19.4 Å². The molecule has 0 spiro atoms. The number of aryl methyl sites for hydroxylation is 2. The summed E-state index contributed by atoms with van der Waals surface area (Å²) in [5, 5.41) is 17.6. The van der Waals surface area contributed by atoms with Gasteiger partial charge in [-0.15, -0.1) is 0 Å². The summed E-state index contributed by atoms with van der Waals surface area (Å²) in [5.74, 6) is 1.17. The Morgan fingerprint density at radius 1 is 1.32 bits per heavy atom. The van der Waals surface area contributed by atoms with Gasteiger partial charge in [0.05, 0.1) is 11.8 Å². The molecule has 0 aliphatic carbocycles. The summed E-state index contributed by atoms with van der Waals surface area (Å²) in [6.45, 7) is 7.96. The minimum atomic E-state index is -0.536. The van der Waals surface area contributed by atoms with Crippen molar-refractivity contribution in [2.24, 2.45) is 5.92 Å². The number of rotatable bonds is 6. The van der Waals surface area contributed by atoms with Crippen molar-refractivity contribution in [1.29, 1.82) is 0 Å². The van der Waals surface area contributed by atoms with E-state index in [0.717, 1.165) is 48.8 Å². The van der Waals surface area contributed by atoms with Crippen LogP contribution in [0.4, 0.5) is 0 Å². The number of carbonyl (C=O) groups is 1. The number of nitrogens with zero attached hydrogens (tertiary/aromatic N) is 3. The van der Waals surface area contributed by atoms with Gasteiger partial charge >= 0.3 is 0 Å². The molecule has 4 heterocycles. The third-order valence-electron chi connectivity index (χ3n) is 5.95. The second kappa shape index (κ2) is 8.09. The van der Waals surface area contributed by atoms with Crippen LogP contribution in [0.15, 0.2) is 16.5 Å². The van der Waals surface area contributed by atoms with Gasteiger partial charge in [0, 0.05) is 43.2 Å². The Morgan fingerprint density at radius 2 is 2.11 bits per heavy atom. The van der Waals surface area contributed by atoms with Crippen molar-refractivity contribution in [3.63, 3.8) is 0 Å². The first-order valence-electron chi connectivity index (χ1n) is 10.4. The Kier molecular flexibility index (Phi) is 5.55. The maximum Gasteiger partial charge on any atom is 0.289 e. The molecule has 1 amide bonds. The Labute approximate surface area is 165 Å². The Balaban J connectivity index is 1.43. The van der Waals surface area contributed by atoms with Crippen LogP contribution in [0.3, 0.4) is 0 Å². The molecular formula is C21H30N4O3. The molecule has 2 atom stereocenters. The number of H-pyrrole nitrogens is 1. The van der Waals surface area contributed by atoms with Crippen molar-refractivity contribution < 1.29 is 14.3 Å². The number of aromatic nitrogens is 2. The standard InChI is InChI=1S/C21H30N4O3/c1-3-19-16(11-24-6-4-5-7-24)10-20(28-19)21(27)25-12-15(18(26)13-25)9-17-8-14(2)22-23-17/h8,10,15,18,26H,3-7,9,11-13H2,1-2H3,(H,22,23)/t15-,18-/m1/s1. The highest BCUT2D eigenvalue weighted by molar-refractivity contribution is 5.92. The lowest BCUT2D eigenvalue weighted by Gasteiger charge is -2.14. The number of likely N-dealkylation sites (tertiary alicyclic amines) is 2. The zero-order valence-electron chi connectivity index (χ0n) is 16.8. The molecule has 0 saturated carbocycles. The minimum Gasteiger partial charge on any atom is -0.456 e. The van der Waals surface area contributed by atoms with Crippen LogP contribution >= 0.6 is 0 Å². The maximum atomic E-state index is 13.0. The summed E-state index contributed by atoms with van der Waals surface area (Å²) >= 11 is 0. The van der Waals surface area contributed by atoms with Crippen LogP contribution in [0, 0.1) is 12.8 Å². The smallest absolute Gasteiger partial charge is 0.289 e. The van der Waals surface area contributed by atoms with Gasteiger partial charge in [-0.3, -0.25) is 14.8 Å². The molecule has 0 unspecified atom stereocenters. The summed E-state index contributed by atoms with van der Waals surface area (Å²) in [6.07, 6.45) is 3.39. The molecule has 2 aromatic heterocycles. The largest absolute Gasteiger partial charge is 0.456 e.